The van der Waals surface area contributed by atoms with Crippen molar-refractivity contribution in [2.24, 2.45) is 17.8 Å². The van der Waals surface area contributed by atoms with Crippen molar-refractivity contribution in [3.05, 3.63) is 0 Å². The molecule has 0 aromatic carbocycles. The molecule has 1 aliphatic carbocycles. The molecular weight excluding hydrogens is 156 g/mol. The van der Waals surface area contributed by atoms with Gasteiger partial charge in [-0.25, -0.2) is 0 Å². The Labute approximate surface area is 73.0 Å². The molecule has 0 bridgehead atoms. The first-order valence-corrected chi connectivity index (χ1v) is 4.55. The van der Waals surface area contributed by atoms with E-state index in [0.717, 1.165) is 6.42 Å². The molecule has 1 rings (SSSR count). The summed E-state index contributed by atoms with van der Waals surface area (Å²) < 4.78 is 0. The summed E-state index contributed by atoms with van der Waals surface area (Å²) >= 11 is 0. The summed E-state index contributed by atoms with van der Waals surface area (Å²) in [6.45, 7) is 3.95. The van der Waals surface area contributed by atoms with Crippen LogP contribution in [0.4, 0.5) is 0 Å². The van der Waals surface area contributed by atoms with Crippen molar-refractivity contribution >= 4 is 0 Å². The largest absolute Gasteiger partial charge is 0.396 e. The fraction of sp³-hybridized carbons (Fsp3) is 1.00. The first-order valence-electron chi connectivity index (χ1n) is 4.55. The van der Waals surface area contributed by atoms with Gasteiger partial charge in [0, 0.05) is 12.5 Å². The lowest BCUT2D eigenvalue weighted by Gasteiger charge is -2.39. The molecule has 1 aliphatic rings. The summed E-state index contributed by atoms with van der Waals surface area (Å²) in [4.78, 5) is 0. The SMILES string of the molecule is CC1CC(CO)C(O)C(O)C1C. The van der Waals surface area contributed by atoms with E-state index in [2.05, 4.69) is 0 Å². The van der Waals surface area contributed by atoms with E-state index in [9.17, 15) is 10.2 Å². The normalized spacial score (nSPS) is 49.2. The lowest BCUT2D eigenvalue weighted by Crippen LogP contribution is -2.47. The second kappa shape index (κ2) is 3.73. The number of rotatable bonds is 1. The van der Waals surface area contributed by atoms with E-state index in [4.69, 9.17) is 5.11 Å². The van der Waals surface area contributed by atoms with Crippen LogP contribution in [-0.4, -0.2) is 34.1 Å². The zero-order chi connectivity index (χ0) is 9.30. The fourth-order valence-electron chi connectivity index (χ4n) is 1.94. The molecule has 12 heavy (non-hydrogen) atoms. The molecule has 0 aliphatic heterocycles. The number of aliphatic hydroxyl groups is 3. The van der Waals surface area contributed by atoms with Crippen LogP contribution in [0.1, 0.15) is 20.3 Å². The highest BCUT2D eigenvalue weighted by atomic mass is 16.3. The van der Waals surface area contributed by atoms with E-state index in [1.54, 1.807) is 0 Å². The van der Waals surface area contributed by atoms with Crippen LogP contribution >= 0.6 is 0 Å². The van der Waals surface area contributed by atoms with Crippen molar-refractivity contribution in [3.63, 3.8) is 0 Å². The standard InChI is InChI=1S/C9H18O3/c1-5-3-7(4-10)9(12)8(11)6(5)2/h5-12H,3-4H2,1-2H3. The highest BCUT2D eigenvalue weighted by Gasteiger charge is 2.38. The topological polar surface area (TPSA) is 60.7 Å². The third kappa shape index (κ3) is 1.63. The van der Waals surface area contributed by atoms with Crippen LogP contribution in [0, 0.1) is 17.8 Å². The van der Waals surface area contributed by atoms with Gasteiger partial charge >= 0.3 is 0 Å². The Morgan fingerprint density at radius 3 is 2.25 bits per heavy atom. The van der Waals surface area contributed by atoms with E-state index in [-0.39, 0.29) is 18.4 Å². The zero-order valence-electron chi connectivity index (χ0n) is 7.64. The minimum absolute atomic E-state index is 0.0325. The molecule has 72 valence electrons. The molecule has 0 saturated heterocycles. The molecule has 0 spiro atoms. The van der Waals surface area contributed by atoms with Crippen molar-refractivity contribution in [2.45, 2.75) is 32.5 Å². The second-order valence-electron chi connectivity index (χ2n) is 4.00. The maximum atomic E-state index is 9.56. The Kier molecular flexibility index (Phi) is 3.09. The highest BCUT2D eigenvalue weighted by molar-refractivity contribution is 4.88. The molecular formula is C9H18O3. The van der Waals surface area contributed by atoms with Crippen LogP contribution in [0.25, 0.3) is 0 Å². The Morgan fingerprint density at radius 2 is 1.75 bits per heavy atom. The predicted octanol–water partition coefficient (Wildman–Crippen LogP) is -0.00740. The molecule has 1 fully saturated rings. The van der Waals surface area contributed by atoms with Gasteiger partial charge in [-0.2, -0.15) is 0 Å². The van der Waals surface area contributed by atoms with Gasteiger partial charge in [0.2, 0.25) is 0 Å². The maximum absolute atomic E-state index is 9.56. The molecule has 5 unspecified atom stereocenters. The Hall–Kier alpha value is -0.120. The van der Waals surface area contributed by atoms with E-state index in [1.165, 1.54) is 0 Å². The molecule has 0 radical (unpaired) electrons. The summed E-state index contributed by atoms with van der Waals surface area (Å²) in [7, 11) is 0. The van der Waals surface area contributed by atoms with Gasteiger partial charge in [-0.1, -0.05) is 13.8 Å². The summed E-state index contributed by atoms with van der Waals surface area (Å²) in [6.07, 6.45) is -0.623. The highest BCUT2D eigenvalue weighted by Crippen LogP contribution is 2.33. The molecule has 5 atom stereocenters. The Bertz CT molecular complexity index is 144. The minimum Gasteiger partial charge on any atom is -0.396 e. The Balaban J connectivity index is 2.63. The maximum Gasteiger partial charge on any atom is 0.0851 e. The second-order valence-corrected chi connectivity index (χ2v) is 4.00. The molecule has 0 amide bonds. The lowest BCUT2D eigenvalue weighted by molar-refractivity contribution is -0.101. The van der Waals surface area contributed by atoms with Crippen LogP contribution in [0.3, 0.4) is 0 Å². The van der Waals surface area contributed by atoms with E-state index < -0.39 is 12.2 Å². The van der Waals surface area contributed by atoms with Gasteiger partial charge in [-0.3, -0.25) is 0 Å². The van der Waals surface area contributed by atoms with Gasteiger partial charge in [0.15, 0.2) is 0 Å². The average Bonchev–Trinajstić information content (AvgIpc) is 2.08. The van der Waals surface area contributed by atoms with Crippen molar-refractivity contribution in [3.8, 4) is 0 Å². The lowest BCUT2D eigenvalue weighted by atomic mass is 9.72. The van der Waals surface area contributed by atoms with Crippen molar-refractivity contribution < 1.29 is 15.3 Å². The van der Waals surface area contributed by atoms with Crippen molar-refractivity contribution in [1.82, 2.24) is 0 Å². The fourth-order valence-corrected chi connectivity index (χ4v) is 1.94. The average molecular weight is 174 g/mol. The van der Waals surface area contributed by atoms with Crippen LogP contribution in [-0.2, 0) is 0 Å². The van der Waals surface area contributed by atoms with Gasteiger partial charge in [0.25, 0.3) is 0 Å². The van der Waals surface area contributed by atoms with E-state index in [0.29, 0.717) is 5.92 Å². The quantitative estimate of drug-likeness (QED) is 0.524. The first-order chi connectivity index (χ1) is 5.57. The van der Waals surface area contributed by atoms with Gasteiger partial charge in [-0.15, -0.1) is 0 Å². The van der Waals surface area contributed by atoms with Crippen LogP contribution in [0.5, 0.6) is 0 Å². The summed E-state index contributed by atoms with van der Waals surface area (Å²) in [5.74, 6) is 0.356. The van der Waals surface area contributed by atoms with Crippen LogP contribution in [0.15, 0.2) is 0 Å². The third-order valence-corrected chi connectivity index (χ3v) is 3.18. The predicted molar refractivity (Wildman–Crippen MR) is 45.5 cm³/mol. The number of aliphatic hydroxyl groups excluding tert-OH is 3. The molecule has 3 heteroatoms. The molecule has 3 N–H and O–H groups in total. The summed E-state index contributed by atoms with van der Waals surface area (Å²) in [6, 6.07) is 0. The van der Waals surface area contributed by atoms with Gasteiger partial charge in [0.1, 0.15) is 0 Å². The number of hydrogen-bond donors (Lipinski definition) is 3. The number of hydrogen-bond acceptors (Lipinski definition) is 3. The van der Waals surface area contributed by atoms with Crippen molar-refractivity contribution in [2.75, 3.05) is 6.61 Å². The van der Waals surface area contributed by atoms with Crippen molar-refractivity contribution in [1.29, 1.82) is 0 Å². The molecule has 1 saturated carbocycles. The van der Waals surface area contributed by atoms with Crippen LogP contribution in [0.2, 0.25) is 0 Å². The zero-order valence-corrected chi connectivity index (χ0v) is 7.64. The van der Waals surface area contributed by atoms with E-state index >= 15 is 0 Å². The first kappa shape index (κ1) is 9.96. The molecule has 0 aromatic heterocycles. The smallest absolute Gasteiger partial charge is 0.0851 e. The molecule has 0 aromatic rings. The summed E-state index contributed by atoms with van der Waals surface area (Å²) in [5, 5.41) is 28.0. The summed E-state index contributed by atoms with van der Waals surface area (Å²) in [5.41, 5.74) is 0. The van der Waals surface area contributed by atoms with Gasteiger partial charge in [-0.05, 0) is 18.3 Å². The monoisotopic (exact) mass is 174 g/mol. The third-order valence-electron chi connectivity index (χ3n) is 3.18. The van der Waals surface area contributed by atoms with E-state index in [1.807, 2.05) is 13.8 Å². The minimum atomic E-state index is -0.749. The molecule has 0 heterocycles. The van der Waals surface area contributed by atoms with Gasteiger partial charge in [0.05, 0.1) is 12.2 Å². The van der Waals surface area contributed by atoms with Gasteiger partial charge < -0.3 is 15.3 Å². The molecule has 3 nitrogen and oxygen atoms in total. The van der Waals surface area contributed by atoms with Crippen LogP contribution < -0.4 is 0 Å². The Morgan fingerprint density at radius 1 is 1.17 bits per heavy atom.